The summed E-state index contributed by atoms with van der Waals surface area (Å²) in [5, 5.41) is 0. The fraction of sp³-hybridized carbons (Fsp3) is 0.500. The van der Waals surface area contributed by atoms with Gasteiger partial charge in [-0.05, 0) is 12.5 Å². The van der Waals surface area contributed by atoms with Crippen molar-refractivity contribution in [3.8, 4) is 0 Å². The van der Waals surface area contributed by atoms with Crippen LogP contribution in [0.3, 0.4) is 0 Å². The number of ether oxygens (including phenoxy) is 2. The minimum absolute atomic E-state index is 0.0200. The minimum Gasteiger partial charge on any atom is -0.494 e. The highest BCUT2D eigenvalue weighted by atomic mass is 16.5. The Morgan fingerprint density at radius 2 is 2.00 bits per heavy atom. The van der Waals surface area contributed by atoms with E-state index in [1.807, 2.05) is 6.92 Å². The topological polar surface area (TPSA) is 35.5 Å². The summed E-state index contributed by atoms with van der Waals surface area (Å²) in [5.74, 6) is 0.459. The minimum atomic E-state index is -0.0200. The third-order valence-electron chi connectivity index (χ3n) is 1.43. The van der Waals surface area contributed by atoms with Gasteiger partial charge in [-0.15, -0.1) is 0 Å². The van der Waals surface area contributed by atoms with Crippen LogP contribution in [0.1, 0.15) is 13.3 Å². The fourth-order valence-corrected chi connectivity index (χ4v) is 0.825. The van der Waals surface area contributed by atoms with Crippen molar-refractivity contribution in [2.75, 3.05) is 20.3 Å². The second-order valence-electron chi connectivity index (χ2n) is 2.61. The fourth-order valence-electron chi connectivity index (χ4n) is 0.825. The molecule has 3 heteroatoms. The number of hydrogen-bond acceptors (Lipinski definition) is 3. The zero-order valence-corrected chi connectivity index (χ0v) is 8.26. The normalized spacial score (nSPS) is 9.38. The first-order valence-corrected chi connectivity index (χ1v) is 4.12. The predicted octanol–water partition coefficient (Wildman–Crippen LogP) is 1.70. The number of carbonyl (C=O) groups is 1. The van der Waals surface area contributed by atoms with Gasteiger partial charge in [-0.25, -0.2) is 0 Å². The molecule has 3 nitrogen and oxygen atoms in total. The summed E-state index contributed by atoms with van der Waals surface area (Å²) in [6, 6.07) is 0. The van der Waals surface area contributed by atoms with E-state index in [1.54, 1.807) is 0 Å². The van der Waals surface area contributed by atoms with Gasteiger partial charge in [0.05, 0.1) is 6.61 Å². The van der Waals surface area contributed by atoms with Gasteiger partial charge in [0.15, 0.2) is 5.78 Å². The van der Waals surface area contributed by atoms with Gasteiger partial charge in [0.2, 0.25) is 0 Å². The molecule has 0 bridgehead atoms. The van der Waals surface area contributed by atoms with Gasteiger partial charge in [-0.2, -0.15) is 0 Å². The van der Waals surface area contributed by atoms with E-state index in [4.69, 9.17) is 4.74 Å². The summed E-state index contributed by atoms with van der Waals surface area (Å²) >= 11 is 0. The Morgan fingerprint density at radius 1 is 1.38 bits per heavy atom. The van der Waals surface area contributed by atoms with E-state index in [9.17, 15) is 4.79 Å². The molecule has 0 aromatic carbocycles. The lowest BCUT2D eigenvalue weighted by atomic mass is 10.1. The average molecular weight is 184 g/mol. The Bertz CT molecular complexity index is 206. The van der Waals surface area contributed by atoms with E-state index in [0.29, 0.717) is 17.9 Å². The Kier molecular flexibility index (Phi) is 5.89. The van der Waals surface area contributed by atoms with Crippen molar-refractivity contribution < 1.29 is 14.3 Å². The molecule has 0 amide bonds. The smallest absolute Gasteiger partial charge is 0.162 e. The zero-order valence-electron chi connectivity index (χ0n) is 8.26. The lowest BCUT2D eigenvalue weighted by molar-refractivity contribution is -0.122. The highest BCUT2D eigenvalue weighted by Gasteiger charge is 2.07. The number of rotatable bonds is 7. The zero-order chi connectivity index (χ0) is 10.3. The van der Waals surface area contributed by atoms with Gasteiger partial charge in [0, 0.05) is 13.5 Å². The molecule has 74 valence electrons. The van der Waals surface area contributed by atoms with Crippen molar-refractivity contribution in [1.29, 1.82) is 0 Å². The molecular formula is C10H16O3. The third kappa shape index (κ3) is 5.20. The maximum absolute atomic E-state index is 11.1. The van der Waals surface area contributed by atoms with E-state index in [0.717, 1.165) is 0 Å². The largest absolute Gasteiger partial charge is 0.494 e. The molecule has 13 heavy (non-hydrogen) atoms. The highest BCUT2D eigenvalue weighted by Crippen LogP contribution is 2.11. The maximum Gasteiger partial charge on any atom is 0.162 e. The van der Waals surface area contributed by atoms with Crippen LogP contribution in [0.2, 0.25) is 0 Å². The van der Waals surface area contributed by atoms with Crippen LogP contribution in [0.5, 0.6) is 0 Å². The van der Waals surface area contributed by atoms with Crippen molar-refractivity contribution >= 4 is 5.78 Å². The molecule has 0 atom stereocenters. The Morgan fingerprint density at radius 3 is 2.46 bits per heavy atom. The molecule has 0 aliphatic carbocycles. The molecule has 0 radical (unpaired) electrons. The predicted molar refractivity (Wildman–Crippen MR) is 51.4 cm³/mol. The Labute approximate surface area is 79.0 Å². The second kappa shape index (κ2) is 6.43. The molecular weight excluding hydrogens is 168 g/mol. The van der Waals surface area contributed by atoms with Gasteiger partial charge >= 0.3 is 0 Å². The number of allylic oxidation sites excluding steroid dienone is 1. The highest BCUT2D eigenvalue weighted by molar-refractivity contribution is 5.82. The monoisotopic (exact) mass is 184 g/mol. The van der Waals surface area contributed by atoms with Crippen molar-refractivity contribution in [1.82, 2.24) is 0 Å². The molecule has 0 saturated heterocycles. The van der Waals surface area contributed by atoms with Crippen LogP contribution < -0.4 is 0 Å². The molecule has 0 aliphatic heterocycles. The summed E-state index contributed by atoms with van der Waals surface area (Å²) < 4.78 is 9.78. The summed E-state index contributed by atoms with van der Waals surface area (Å²) in [7, 11) is 1.48. The summed E-state index contributed by atoms with van der Waals surface area (Å²) in [6.07, 6.45) is 0.243. The van der Waals surface area contributed by atoms with Crippen LogP contribution >= 0.6 is 0 Å². The van der Waals surface area contributed by atoms with Crippen LogP contribution in [-0.2, 0) is 14.3 Å². The SMILES string of the molecule is C=C(CC(=O)COC)C(=C)OCC. The van der Waals surface area contributed by atoms with Gasteiger partial charge in [0.25, 0.3) is 0 Å². The molecule has 0 aromatic rings. The van der Waals surface area contributed by atoms with Crippen LogP contribution in [0.25, 0.3) is 0 Å². The number of carbonyl (C=O) groups excluding carboxylic acids is 1. The first-order chi connectivity index (χ1) is 6.11. The van der Waals surface area contributed by atoms with E-state index < -0.39 is 0 Å². The molecule has 0 rings (SSSR count). The number of ketones is 1. The first-order valence-electron chi connectivity index (χ1n) is 4.12. The van der Waals surface area contributed by atoms with Crippen LogP contribution in [0, 0.1) is 0 Å². The summed E-state index contributed by atoms with van der Waals surface area (Å²) in [6.45, 7) is 9.84. The molecule has 0 aliphatic rings. The number of Topliss-reactive ketones (excluding diaryl/α,β-unsaturated/α-hetero) is 1. The van der Waals surface area contributed by atoms with Crippen LogP contribution in [-0.4, -0.2) is 26.1 Å². The summed E-state index contributed by atoms with van der Waals surface area (Å²) in [5.41, 5.74) is 0.615. The first kappa shape index (κ1) is 11.9. The number of methoxy groups -OCH3 is 1. The third-order valence-corrected chi connectivity index (χ3v) is 1.43. The molecule has 0 fully saturated rings. The quantitative estimate of drug-likeness (QED) is 0.446. The van der Waals surface area contributed by atoms with Crippen molar-refractivity contribution in [3.05, 3.63) is 24.5 Å². The molecule has 0 spiro atoms. The average Bonchev–Trinajstić information content (AvgIpc) is 2.05. The lowest BCUT2D eigenvalue weighted by Crippen LogP contribution is -2.08. The van der Waals surface area contributed by atoms with E-state index in [-0.39, 0.29) is 18.8 Å². The Hall–Kier alpha value is -1.09. The standard InChI is InChI=1S/C10H16O3/c1-5-13-9(3)8(2)6-10(11)7-12-4/h2-3,5-7H2,1,4H3. The second-order valence-corrected chi connectivity index (χ2v) is 2.61. The molecule has 0 N–H and O–H groups in total. The van der Waals surface area contributed by atoms with Gasteiger partial charge in [-0.3, -0.25) is 4.79 Å². The van der Waals surface area contributed by atoms with Gasteiger partial charge in [0.1, 0.15) is 12.4 Å². The van der Waals surface area contributed by atoms with E-state index >= 15 is 0 Å². The van der Waals surface area contributed by atoms with E-state index in [2.05, 4.69) is 17.9 Å². The maximum atomic E-state index is 11.1. The molecule has 0 saturated carbocycles. The van der Waals surface area contributed by atoms with E-state index in [1.165, 1.54) is 7.11 Å². The van der Waals surface area contributed by atoms with Crippen LogP contribution in [0.4, 0.5) is 0 Å². The van der Waals surface area contributed by atoms with Crippen molar-refractivity contribution in [2.45, 2.75) is 13.3 Å². The summed E-state index contributed by atoms with van der Waals surface area (Å²) in [4.78, 5) is 11.1. The molecule has 0 heterocycles. The Balaban J connectivity index is 3.86. The molecule has 0 unspecified atom stereocenters. The molecule has 0 aromatic heterocycles. The number of hydrogen-bond donors (Lipinski definition) is 0. The lowest BCUT2D eigenvalue weighted by Gasteiger charge is -2.08. The van der Waals surface area contributed by atoms with Crippen molar-refractivity contribution in [3.63, 3.8) is 0 Å². The van der Waals surface area contributed by atoms with Crippen molar-refractivity contribution in [2.24, 2.45) is 0 Å². The van der Waals surface area contributed by atoms with Crippen LogP contribution in [0.15, 0.2) is 24.5 Å². The van der Waals surface area contributed by atoms with Gasteiger partial charge in [-0.1, -0.05) is 13.2 Å². The van der Waals surface area contributed by atoms with Gasteiger partial charge < -0.3 is 9.47 Å².